The van der Waals surface area contributed by atoms with Gasteiger partial charge in [-0.05, 0) is 37.0 Å². The SMILES string of the molecule is Cc1nc(CCc2cnn(Cc3c(F)cccc3F)c2)nc2c1NC(=O)[C@H](C(C)C)N2C. The molecule has 0 spiro atoms. The van der Waals surface area contributed by atoms with Gasteiger partial charge in [0, 0.05) is 25.2 Å². The van der Waals surface area contributed by atoms with Gasteiger partial charge in [-0.25, -0.2) is 18.7 Å². The van der Waals surface area contributed by atoms with E-state index in [-0.39, 0.29) is 30.0 Å². The van der Waals surface area contributed by atoms with Crippen LogP contribution in [0, 0.1) is 24.5 Å². The minimum atomic E-state index is -0.587. The van der Waals surface area contributed by atoms with Crippen molar-refractivity contribution in [3.8, 4) is 0 Å². The maximum atomic E-state index is 13.9. The molecule has 168 valence electrons. The molecule has 1 N–H and O–H groups in total. The predicted octanol–water partition coefficient (Wildman–Crippen LogP) is 3.51. The van der Waals surface area contributed by atoms with Gasteiger partial charge in [-0.2, -0.15) is 5.10 Å². The summed E-state index contributed by atoms with van der Waals surface area (Å²) in [5.41, 5.74) is 2.28. The van der Waals surface area contributed by atoms with E-state index in [1.807, 2.05) is 32.7 Å². The monoisotopic (exact) mass is 440 g/mol. The van der Waals surface area contributed by atoms with Crippen molar-refractivity contribution in [3.05, 3.63) is 64.9 Å². The standard InChI is InChI=1S/C23H26F2N6O/c1-13(2)21-23(32)29-20-14(3)27-19(28-22(20)30(21)4)9-8-15-10-26-31(11-15)12-16-17(24)6-5-7-18(16)25/h5-7,10-11,13,21H,8-9,12H2,1-4H3,(H,29,32)/t21-/m0/s1. The second kappa shape index (κ2) is 8.64. The van der Waals surface area contributed by atoms with Crippen LogP contribution >= 0.6 is 0 Å². The Morgan fingerprint density at radius 3 is 2.56 bits per heavy atom. The number of rotatable bonds is 6. The van der Waals surface area contributed by atoms with Crippen molar-refractivity contribution < 1.29 is 13.6 Å². The summed E-state index contributed by atoms with van der Waals surface area (Å²) in [4.78, 5) is 23.7. The zero-order chi connectivity index (χ0) is 23.0. The van der Waals surface area contributed by atoms with E-state index in [4.69, 9.17) is 4.98 Å². The van der Waals surface area contributed by atoms with E-state index in [2.05, 4.69) is 15.4 Å². The van der Waals surface area contributed by atoms with Crippen LogP contribution < -0.4 is 10.2 Å². The molecule has 9 heteroatoms. The molecule has 0 unspecified atom stereocenters. The van der Waals surface area contributed by atoms with E-state index in [1.54, 1.807) is 12.4 Å². The molecule has 1 amide bonds. The number of hydrogen-bond acceptors (Lipinski definition) is 5. The fraction of sp³-hybridized carbons (Fsp3) is 0.391. The van der Waals surface area contributed by atoms with E-state index >= 15 is 0 Å². The molecule has 0 saturated carbocycles. The molecule has 0 aliphatic carbocycles. The van der Waals surface area contributed by atoms with Crippen LogP contribution in [-0.4, -0.2) is 38.7 Å². The number of nitrogens with zero attached hydrogens (tertiary/aromatic N) is 5. The van der Waals surface area contributed by atoms with Crippen molar-refractivity contribution in [2.45, 2.75) is 46.2 Å². The summed E-state index contributed by atoms with van der Waals surface area (Å²) in [7, 11) is 1.88. The Morgan fingerprint density at radius 2 is 1.88 bits per heavy atom. The maximum absolute atomic E-state index is 13.9. The number of carbonyl (C=O) groups is 1. The largest absolute Gasteiger partial charge is 0.346 e. The summed E-state index contributed by atoms with van der Waals surface area (Å²) in [6.07, 6.45) is 4.66. The first-order valence-electron chi connectivity index (χ1n) is 10.6. The van der Waals surface area contributed by atoms with Crippen LogP contribution in [0.15, 0.2) is 30.6 Å². The topological polar surface area (TPSA) is 75.9 Å². The number of benzene rings is 1. The highest BCUT2D eigenvalue weighted by Crippen LogP contribution is 2.33. The molecule has 0 saturated heterocycles. The molecule has 3 aromatic rings. The third-order valence-electron chi connectivity index (χ3n) is 5.72. The van der Waals surface area contributed by atoms with Gasteiger partial charge in [0.1, 0.15) is 29.2 Å². The molecule has 0 bridgehead atoms. The summed E-state index contributed by atoms with van der Waals surface area (Å²) >= 11 is 0. The molecular weight excluding hydrogens is 414 g/mol. The number of amides is 1. The zero-order valence-corrected chi connectivity index (χ0v) is 18.6. The molecule has 1 aliphatic heterocycles. The maximum Gasteiger partial charge on any atom is 0.247 e. The number of nitrogens with one attached hydrogen (secondary N) is 1. The number of hydrogen-bond donors (Lipinski definition) is 1. The van der Waals surface area contributed by atoms with Crippen molar-refractivity contribution in [1.82, 2.24) is 19.7 Å². The van der Waals surface area contributed by atoms with Gasteiger partial charge in [-0.3, -0.25) is 9.48 Å². The fourth-order valence-corrected chi connectivity index (χ4v) is 4.11. The lowest BCUT2D eigenvalue weighted by Gasteiger charge is -2.36. The number of anilines is 2. The van der Waals surface area contributed by atoms with Gasteiger partial charge in [0.2, 0.25) is 5.91 Å². The Bertz CT molecular complexity index is 1140. The van der Waals surface area contributed by atoms with Crippen molar-refractivity contribution in [1.29, 1.82) is 0 Å². The van der Waals surface area contributed by atoms with Gasteiger partial charge in [0.25, 0.3) is 0 Å². The Balaban J connectivity index is 1.49. The van der Waals surface area contributed by atoms with Gasteiger partial charge in [-0.1, -0.05) is 19.9 Å². The van der Waals surface area contributed by atoms with Gasteiger partial charge in [0.05, 0.1) is 18.4 Å². The van der Waals surface area contributed by atoms with Crippen molar-refractivity contribution in [3.63, 3.8) is 0 Å². The van der Waals surface area contributed by atoms with Crippen LogP contribution in [0.4, 0.5) is 20.3 Å². The van der Waals surface area contributed by atoms with Gasteiger partial charge in [0.15, 0.2) is 5.82 Å². The van der Waals surface area contributed by atoms with Crippen LogP contribution in [0.1, 0.15) is 36.5 Å². The smallest absolute Gasteiger partial charge is 0.247 e. The molecular formula is C23H26F2N6O. The summed E-state index contributed by atoms with van der Waals surface area (Å²) < 4.78 is 29.3. The quantitative estimate of drug-likeness (QED) is 0.635. The van der Waals surface area contributed by atoms with Crippen molar-refractivity contribution >= 4 is 17.4 Å². The fourth-order valence-electron chi connectivity index (χ4n) is 4.11. The zero-order valence-electron chi connectivity index (χ0n) is 18.6. The molecule has 2 aromatic heterocycles. The van der Waals surface area contributed by atoms with Crippen molar-refractivity contribution in [2.24, 2.45) is 5.92 Å². The lowest BCUT2D eigenvalue weighted by atomic mass is 9.99. The Hall–Kier alpha value is -3.36. The number of carbonyl (C=O) groups excluding carboxylic acids is 1. The summed E-state index contributed by atoms with van der Waals surface area (Å²) in [6.45, 7) is 5.89. The van der Waals surface area contributed by atoms with E-state index in [9.17, 15) is 13.6 Å². The number of likely N-dealkylation sites (N-methyl/N-ethyl adjacent to an activating group) is 1. The average molecular weight is 440 g/mol. The van der Waals surface area contributed by atoms with Gasteiger partial charge in [-0.15, -0.1) is 0 Å². The minimum absolute atomic E-state index is 0.0133. The molecule has 1 atom stereocenters. The second-order valence-electron chi connectivity index (χ2n) is 8.46. The molecule has 4 rings (SSSR count). The minimum Gasteiger partial charge on any atom is -0.346 e. The third kappa shape index (κ3) is 4.19. The average Bonchev–Trinajstić information content (AvgIpc) is 3.17. The number of halogens is 2. The van der Waals surface area contributed by atoms with Crippen LogP contribution in [0.3, 0.4) is 0 Å². The van der Waals surface area contributed by atoms with Crippen LogP contribution in [0.25, 0.3) is 0 Å². The van der Waals surface area contributed by atoms with E-state index in [1.165, 1.54) is 22.9 Å². The van der Waals surface area contributed by atoms with Gasteiger partial charge >= 0.3 is 0 Å². The van der Waals surface area contributed by atoms with Crippen molar-refractivity contribution in [2.75, 3.05) is 17.3 Å². The van der Waals surface area contributed by atoms with Crippen LogP contribution in [0.2, 0.25) is 0 Å². The second-order valence-corrected chi connectivity index (χ2v) is 8.46. The predicted molar refractivity (Wildman–Crippen MR) is 118 cm³/mol. The van der Waals surface area contributed by atoms with Crippen LogP contribution in [-0.2, 0) is 24.2 Å². The molecule has 32 heavy (non-hydrogen) atoms. The highest BCUT2D eigenvalue weighted by molar-refractivity contribution is 6.03. The molecule has 0 fully saturated rings. The highest BCUT2D eigenvalue weighted by Gasteiger charge is 2.35. The summed E-state index contributed by atoms with van der Waals surface area (Å²) in [6, 6.07) is 3.53. The lowest BCUT2D eigenvalue weighted by Crippen LogP contribution is -2.49. The van der Waals surface area contributed by atoms with E-state index in [0.717, 1.165) is 17.1 Å². The Morgan fingerprint density at radius 1 is 1.16 bits per heavy atom. The Labute approximate surface area is 185 Å². The molecule has 1 aromatic carbocycles. The Kier molecular flexibility index (Phi) is 5.90. The first-order valence-corrected chi connectivity index (χ1v) is 10.6. The summed E-state index contributed by atoms with van der Waals surface area (Å²) in [5.74, 6) is 0.299. The molecule has 7 nitrogen and oxygen atoms in total. The van der Waals surface area contributed by atoms with Crippen LogP contribution in [0.5, 0.6) is 0 Å². The van der Waals surface area contributed by atoms with E-state index < -0.39 is 11.6 Å². The molecule has 0 radical (unpaired) electrons. The normalized spacial score (nSPS) is 15.8. The number of aromatic nitrogens is 4. The van der Waals surface area contributed by atoms with E-state index in [0.29, 0.717) is 24.4 Å². The third-order valence-corrected chi connectivity index (χ3v) is 5.72. The number of fused-ring (bicyclic) bond motifs is 1. The molecule has 3 heterocycles. The first kappa shape index (κ1) is 21.9. The summed E-state index contributed by atoms with van der Waals surface area (Å²) in [5, 5.41) is 7.18. The number of aryl methyl sites for hydroxylation is 3. The first-order chi connectivity index (χ1) is 15.2. The highest BCUT2D eigenvalue weighted by atomic mass is 19.1. The molecule has 1 aliphatic rings. The lowest BCUT2D eigenvalue weighted by molar-refractivity contribution is -0.118. The van der Waals surface area contributed by atoms with Gasteiger partial charge < -0.3 is 10.2 Å².